The number of hydrogen-bond acceptors (Lipinski definition) is 8. The van der Waals surface area contributed by atoms with Gasteiger partial charge >= 0.3 is 0 Å². The second-order valence-electron chi connectivity index (χ2n) is 7.06. The molecule has 3 heterocycles. The molecule has 2 aromatic heterocycles. The van der Waals surface area contributed by atoms with E-state index in [1.807, 2.05) is 0 Å². The minimum atomic E-state index is -3.86. The van der Waals surface area contributed by atoms with E-state index in [9.17, 15) is 13.2 Å². The van der Waals surface area contributed by atoms with Crippen LogP contribution in [0, 0.1) is 6.92 Å². The van der Waals surface area contributed by atoms with Crippen molar-refractivity contribution < 1.29 is 13.2 Å². The predicted molar refractivity (Wildman–Crippen MR) is 115 cm³/mol. The number of carbonyl (C=O) groups excluding carboxylic acids is 1. The Labute approximate surface area is 179 Å². The van der Waals surface area contributed by atoms with Crippen molar-refractivity contribution in [1.29, 1.82) is 0 Å². The van der Waals surface area contributed by atoms with Crippen molar-refractivity contribution in [3.63, 3.8) is 0 Å². The monoisotopic (exact) mass is 439 g/mol. The molecule has 0 atom stereocenters. The first kappa shape index (κ1) is 20.7. The molecule has 1 amide bonds. The second kappa shape index (κ2) is 8.64. The van der Waals surface area contributed by atoms with Gasteiger partial charge in [0.1, 0.15) is 17.8 Å². The van der Waals surface area contributed by atoms with Crippen molar-refractivity contribution in [3.05, 3.63) is 60.3 Å². The summed E-state index contributed by atoms with van der Waals surface area (Å²) in [7, 11) is -3.86. The van der Waals surface area contributed by atoms with Crippen LogP contribution in [0.1, 0.15) is 29.0 Å². The predicted octanol–water partition coefficient (Wildman–Crippen LogP) is 2.23. The van der Waals surface area contributed by atoms with Gasteiger partial charge in [-0.25, -0.2) is 33.1 Å². The van der Waals surface area contributed by atoms with Crippen LogP contribution in [0.25, 0.3) is 0 Å². The summed E-state index contributed by atoms with van der Waals surface area (Å²) in [5, 5.41) is 2.72. The van der Waals surface area contributed by atoms with Gasteiger partial charge in [0.15, 0.2) is 0 Å². The maximum atomic E-state index is 12.6. The van der Waals surface area contributed by atoms with Crippen LogP contribution >= 0.6 is 0 Å². The highest BCUT2D eigenvalue weighted by Crippen LogP contribution is 2.19. The number of amides is 1. The maximum Gasteiger partial charge on any atom is 0.274 e. The van der Waals surface area contributed by atoms with E-state index < -0.39 is 15.9 Å². The van der Waals surface area contributed by atoms with Gasteiger partial charge in [0, 0.05) is 36.7 Å². The number of carbonyl (C=O) groups is 1. The average Bonchev–Trinajstić information content (AvgIpc) is 3.29. The largest absolute Gasteiger partial charge is 0.357 e. The Morgan fingerprint density at radius 3 is 2.48 bits per heavy atom. The molecule has 1 aliphatic rings. The van der Waals surface area contributed by atoms with E-state index in [-0.39, 0.29) is 16.5 Å². The van der Waals surface area contributed by atoms with Gasteiger partial charge in [0.25, 0.3) is 15.9 Å². The summed E-state index contributed by atoms with van der Waals surface area (Å²) in [6.07, 6.45) is 5.05. The molecule has 11 heteroatoms. The molecular formula is C20H21N7O3S. The fraction of sp³-hybridized carbons (Fsp3) is 0.250. The van der Waals surface area contributed by atoms with Crippen LogP contribution in [0.5, 0.6) is 0 Å². The van der Waals surface area contributed by atoms with Gasteiger partial charge in [-0.15, -0.1) is 0 Å². The molecule has 1 aliphatic heterocycles. The number of aryl methyl sites for hydroxylation is 1. The zero-order valence-corrected chi connectivity index (χ0v) is 17.6. The van der Waals surface area contributed by atoms with Gasteiger partial charge in [0.05, 0.1) is 4.90 Å². The number of nitrogens with zero attached hydrogens (tertiary/aromatic N) is 5. The summed E-state index contributed by atoms with van der Waals surface area (Å²) in [6.45, 7) is 3.56. The Morgan fingerprint density at radius 1 is 1.03 bits per heavy atom. The lowest BCUT2D eigenvalue weighted by atomic mass is 10.3. The third kappa shape index (κ3) is 4.94. The van der Waals surface area contributed by atoms with Crippen LogP contribution in [0.2, 0.25) is 0 Å². The molecule has 1 aromatic carbocycles. The molecule has 10 nitrogen and oxygen atoms in total. The van der Waals surface area contributed by atoms with Gasteiger partial charge < -0.3 is 10.2 Å². The fourth-order valence-corrected chi connectivity index (χ4v) is 4.13. The highest BCUT2D eigenvalue weighted by Gasteiger charge is 2.18. The lowest BCUT2D eigenvalue weighted by molar-refractivity contribution is 0.102. The van der Waals surface area contributed by atoms with Gasteiger partial charge in [-0.2, -0.15) is 0 Å². The topological polar surface area (TPSA) is 130 Å². The fourth-order valence-electron chi connectivity index (χ4n) is 3.18. The number of sulfonamides is 1. The average molecular weight is 440 g/mol. The van der Waals surface area contributed by atoms with E-state index in [1.54, 1.807) is 19.1 Å². The molecule has 0 spiro atoms. The van der Waals surface area contributed by atoms with Crippen LogP contribution in [-0.4, -0.2) is 47.4 Å². The SMILES string of the molecule is Cc1ccnc(NS(=O)(=O)c2ccc(NC(=O)c3cc(N4CCCC4)ncn3)cc2)n1. The summed E-state index contributed by atoms with van der Waals surface area (Å²) in [6, 6.07) is 9.12. The maximum absolute atomic E-state index is 12.6. The first-order valence-electron chi connectivity index (χ1n) is 9.72. The second-order valence-corrected chi connectivity index (χ2v) is 8.74. The minimum Gasteiger partial charge on any atom is -0.357 e. The van der Waals surface area contributed by atoms with Crippen LogP contribution < -0.4 is 14.9 Å². The number of nitrogens with one attached hydrogen (secondary N) is 2. The smallest absolute Gasteiger partial charge is 0.274 e. The molecule has 2 N–H and O–H groups in total. The van der Waals surface area contributed by atoms with Crippen molar-refractivity contribution >= 4 is 33.4 Å². The standard InChI is InChI=1S/C20H21N7O3S/c1-14-8-9-21-20(24-14)26-31(29,30)16-6-4-15(5-7-16)25-19(28)17-12-18(23-13-22-17)27-10-2-3-11-27/h4-9,12-13H,2-3,10-11H2,1H3,(H,25,28)(H,21,24,26). The molecule has 160 valence electrons. The Hall–Kier alpha value is -3.60. The van der Waals surface area contributed by atoms with Crippen molar-refractivity contribution in [1.82, 2.24) is 19.9 Å². The number of hydrogen-bond donors (Lipinski definition) is 2. The highest BCUT2D eigenvalue weighted by molar-refractivity contribution is 7.92. The summed E-state index contributed by atoms with van der Waals surface area (Å²) < 4.78 is 27.4. The van der Waals surface area contributed by atoms with E-state index in [2.05, 4.69) is 34.9 Å². The first-order chi connectivity index (χ1) is 14.9. The lowest BCUT2D eigenvalue weighted by Gasteiger charge is -2.16. The Bertz CT molecular complexity index is 1190. The van der Waals surface area contributed by atoms with Gasteiger partial charge in [-0.3, -0.25) is 4.79 Å². The van der Waals surface area contributed by atoms with E-state index >= 15 is 0 Å². The highest BCUT2D eigenvalue weighted by atomic mass is 32.2. The van der Waals surface area contributed by atoms with Gasteiger partial charge in [0.2, 0.25) is 5.95 Å². The summed E-state index contributed by atoms with van der Waals surface area (Å²) >= 11 is 0. The number of benzene rings is 1. The molecule has 0 unspecified atom stereocenters. The first-order valence-corrected chi connectivity index (χ1v) is 11.2. The lowest BCUT2D eigenvalue weighted by Crippen LogP contribution is -2.21. The third-order valence-electron chi connectivity index (χ3n) is 4.76. The molecule has 31 heavy (non-hydrogen) atoms. The number of rotatable bonds is 6. The van der Waals surface area contributed by atoms with E-state index in [4.69, 9.17) is 0 Å². The molecule has 1 fully saturated rings. The molecule has 0 saturated carbocycles. The molecule has 4 rings (SSSR count). The van der Waals surface area contributed by atoms with Crippen LogP contribution in [0.4, 0.5) is 17.5 Å². The molecule has 1 saturated heterocycles. The van der Waals surface area contributed by atoms with Crippen molar-refractivity contribution in [2.24, 2.45) is 0 Å². The Kier molecular flexibility index (Phi) is 5.76. The zero-order chi connectivity index (χ0) is 21.8. The quantitative estimate of drug-likeness (QED) is 0.598. The normalized spacial score (nSPS) is 13.8. The number of aromatic nitrogens is 4. The Balaban J connectivity index is 1.44. The number of anilines is 3. The third-order valence-corrected chi connectivity index (χ3v) is 6.10. The van der Waals surface area contributed by atoms with E-state index in [0.29, 0.717) is 11.4 Å². The molecule has 0 aliphatic carbocycles. The van der Waals surface area contributed by atoms with Crippen LogP contribution in [0.3, 0.4) is 0 Å². The van der Waals surface area contributed by atoms with E-state index in [1.165, 1.54) is 36.8 Å². The van der Waals surface area contributed by atoms with Gasteiger partial charge in [-0.1, -0.05) is 0 Å². The minimum absolute atomic E-state index is 0.00468. The van der Waals surface area contributed by atoms with E-state index in [0.717, 1.165) is 31.7 Å². The molecule has 0 radical (unpaired) electrons. The van der Waals surface area contributed by atoms with Crippen LogP contribution in [-0.2, 0) is 10.0 Å². The summed E-state index contributed by atoms with van der Waals surface area (Å²) in [5.41, 5.74) is 1.33. The molecule has 3 aromatic rings. The zero-order valence-electron chi connectivity index (χ0n) is 16.8. The summed E-state index contributed by atoms with van der Waals surface area (Å²) in [4.78, 5) is 30.9. The van der Waals surface area contributed by atoms with Crippen molar-refractivity contribution in [3.8, 4) is 0 Å². The van der Waals surface area contributed by atoms with Crippen LogP contribution in [0.15, 0.2) is 53.8 Å². The van der Waals surface area contributed by atoms with Gasteiger partial charge in [-0.05, 0) is 50.1 Å². The molecule has 0 bridgehead atoms. The van der Waals surface area contributed by atoms with Crippen molar-refractivity contribution in [2.75, 3.05) is 28.0 Å². The Morgan fingerprint density at radius 2 is 1.77 bits per heavy atom. The molecular weight excluding hydrogens is 418 g/mol. The van der Waals surface area contributed by atoms with Crippen molar-refractivity contribution in [2.45, 2.75) is 24.7 Å². The summed E-state index contributed by atoms with van der Waals surface area (Å²) in [5.74, 6) is 0.322.